The molecule has 0 amide bonds. The number of benzene rings is 2. The molecule has 7 nitrogen and oxygen atoms in total. The van der Waals surface area contributed by atoms with Crippen molar-refractivity contribution in [2.75, 3.05) is 51.3 Å². The summed E-state index contributed by atoms with van der Waals surface area (Å²) in [6.45, 7) is 10.2. The second-order valence-electron chi connectivity index (χ2n) is 8.83. The molecule has 2 aromatic carbocycles. The molecule has 0 bridgehead atoms. The lowest BCUT2D eigenvalue weighted by molar-refractivity contribution is 0.0367. The number of anilines is 1. The molecule has 0 saturated carbocycles. The number of morpholine rings is 1. The Labute approximate surface area is 212 Å². The Balaban J connectivity index is 1.49. The minimum absolute atomic E-state index is 0.0786. The molecule has 0 atom stereocenters. The largest absolute Gasteiger partial charge is 0.494 e. The van der Waals surface area contributed by atoms with Crippen molar-refractivity contribution in [1.82, 2.24) is 14.8 Å². The van der Waals surface area contributed by atoms with Crippen molar-refractivity contribution < 1.29 is 9.47 Å². The number of thiocarbonyl (C=S) groups is 1. The fourth-order valence-corrected chi connectivity index (χ4v) is 4.52. The summed E-state index contributed by atoms with van der Waals surface area (Å²) >= 11 is 5.80. The molecular formula is C27H34N4O3S. The average Bonchev–Trinajstić information content (AvgIpc) is 2.86. The molecule has 0 unspecified atom stereocenters. The summed E-state index contributed by atoms with van der Waals surface area (Å²) < 4.78 is 11.0. The maximum atomic E-state index is 12.9. The topological polar surface area (TPSA) is 69.8 Å². The summed E-state index contributed by atoms with van der Waals surface area (Å²) in [5, 5.41) is 4.95. The van der Waals surface area contributed by atoms with Gasteiger partial charge in [-0.1, -0.05) is 12.1 Å². The van der Waals surface area contributed by atoms with Crippen LogP contribution in [0, 0.1) is 6.92 Å². The summed E-state index contributed by atoms with van der Waals surface area (Å²) in [5.74, 6) is 0.823. The van der Waals surface area contributed by atoms with E-state index in [0.29, 0.717) is 23.8 Å². The van der Waals surface area contributed by atoms with Gasteiger partial charge in [0, 0.05) is 42.9 Å². The number of hydrogen-bond donors (Lipinski definition) is 2. The summed E-state index contributed by atoms with van der Waals surface area (Å²) in [6.07, 6.45) is 0.940. The normalized spacial score (nSPS) is 14.1. The third-order valence-corrected chi connectivity index (χ3v) is 6.51. The molecule has 1 aromatic heterocycles. The highest BCUT2D eigenvalue weighted by atomic mass is 32.1. The van der Waals surface area contributed by atoms with Gasteiger partial charge in [0.2, 0.25) is 0 Å². The number of nitrogens with zero attached hydrogens (tertiary/aromatic N) is 2. The third-order valence-electron chi connectivity index (χ3n) is 6.15. The van der Waals surface area contributed by atoms with Crippen LogP contribution in [0.3, 0.4) is 0 Å². The Morgan fingerprint density at radius 1 is 1.17 bits per heavy atom. The Kier molecular flexibility index (Phi) is 8.74. The zero-order valence-corrected chi connectivity index (χ0v) is 21.3. The number of aromatic nitrogens is 1. The maximum Gasteiger partial charge on any atom is 0.253 e. The van der Waals surface area contributed by atoms with E-state index in [9.17, 15) is 4.79 Å². The number of rotatable bonds is 9. The average molecular weight is 495 g/mol. The SMILES string of the molecule is CCOc1ccc(NC(=S)N(CCCN2CCOCC2)Cc2cc3ccc(C)cc3[nH]c2=O)cc1. The molecule has 1 aliphatic heterocycles. The molecule has 3 aromatic rings. The minimum atomic E-state index is -0.0786. The van der Waals surface area contributed by atoms with Crippen molar-refractivity contribution in [1.29, 1.82) is 0 Å². The Bertz CT molecular complexity index is 1190. The second kappa shape index (κ2) is 12.2. The van der Waals surface area contributed by atoms with Gasteiger partial charge < -0.3 is 24.7 Å². The molecule has 2 N–H and O–H groups in total. The van der Waals surface area contributed by atoms with Crippen LogP contribution < -0.4 is 15.6 Å². The number of H-pyrrole nitrogens is 1. The highest BCUT2D eigenvalue weighted by molar-refractivity contribution is 7.80. The zero-order valence-electron chi connectivity index (χ0n) is 20.5. The number of pyridine rings is 1. The minimum Gasteiger partial charge on any atom is -0.494 e. The summed E-state index contributed by atoms with van der Waals surface area (Å²) in [4.78, 5) is 20.4. The fourth-order valence-electron chi connectivity index (χ4n) is 4.25. The molecule has 0 radical (unpaired) electrons. The van der Waals surface area contributed by atoms with Crippen LogP contribution in [0.25, 0.3) is 10.9 Å². The van der Waals surface area contributed by atoms with Crippen LogP contribution in [0.4, 0.5) is 5.69 Å². The van der Waals surface area contributed by atoms with Crippen LogP contribution in [0.2, 0.25) is 0 Å². The molecule has 8 heteroatoms. The zero-order chi connectivity index (χ0) is 24.6. The van der Waals surface area contributed by atoms with Gasteiger partial charge >= 0.3 is 0 Å². The molecular weight excluding hydrogens is 460 g/mol. The van der Waals surface area contributed by atoms with E-state index in [1.807, 2.05) is 56.3 Å². The quantitative estimate of drug-likeness (QED) is 0.433. The van der Waals surface area contributed by atoms with E-state index in [1.165, 1.54) is 0 Å². The lowest BCUT2D eigenvalue weighted by Gasteiger charge is -2.29. The van der Waals surface area contributed by atoms with Crippen LogP contribution >= 0.6 is 12.2 Å². The lowest BCUT2D eigenvalue weighted by atomic mass is 10.1. The van der Waals surface area contributed by atoms with Crippen LogP contribution in [0.15, 0.2) is 53.3 Å². The number of hydrogen-bond acceptors (Lipinski definition) is 5. The highest BCUT2D eigenvalue weighted by Crippen LogP contribution is 2.18. The monoisotopic (exact) mass is 494 g/mol. The van der Waals surface area contributed by atoms with E-state index in [2.05, 4.69) is 26.2 Å². The first-order chi connectivity index (χ1) is 17.0. The Hall–Kier alpha value is -2.94. The second-order valence-corrected chi connectivity index (χ2v) is 9.22. The van der Waals surface area contributed by atoms with Gasteiger partial charge in [-0.05, 0) is 79.8 Å². The van der Waals surface area contributed by atoms with Crippen molar-refractivity contribution in [3.8, 4) is 5.75 Å². The van der Waals surface area contributed by atoms with E-state index in [0.717, 1.165) is 73.7 Å². The highest BCUT2D eigenvalue weighted by Gasteiger charge is 2.16. The van der Waals surface area contributed by atoms with Crippen LogP contribution in [-0.2, 0) is 11.3 Å². The van der Waals surface area contributed by atoms with E-state index in [1.54, 1.807) is 0 Å². The third kappa shape index (κ3) is 7.04. The number of fused-ring (bicyclic) bond motifs is 1. The summed E-state index contributed by atoms with van der Waals surface area (Å²) in [6, 6.07) is 15.8. The van der Waals surface area contributed by atoms with Gasteiger partial charge in [0.15, 0.2) is 5.11 Å². The van der Waals surface area contributed by atoms with E-state index in [-0.39, 0.29) is 5.56 Å². The van der Waals surface area contributed by atoms with Gasteiger partial charge in [0.1, 0.15) is 5.75 Å². The molecule has 2 heterocycles. The molecule has 35 heavy (non-hydrogen) atoms. The number of aromatic amines is 1. The first kappa shape index (κ1) is 25.2. The smallest absolute Gasteiger partial charge is 0.253 e. The van der Waals surface area contributed by atoms with Gasteiger partial charge in [-0.25, -0.2) is 0 Å². The van der Waals surface area contributed by atoms with Crippen LogP contribution in [0.5, 0.6) is 5.75 Å². The van der Waals surface area contributed by atoms with Crippen LogP contribution in [0.1, 0.15) is 24.5 Å². The van der Waals surface area contributed by atoms with Crippen molar-refractivity contribution in [3.05, 3.63) is 70.0 Å². The maximum absolute atomic E-state index is 12.9. The molecule has 1 aliphatic rings. The van der Waals surface area contributed by atoms with Crippen LogP contribution in [-0.4, -0.2) is 65.9 Å². The predicted octanol–water partition coefficient (Wildman–Crippen LogP) is 4.16. The van der Waals surface area contributed by atoms with Crippen molar-refractivity contribution >= 4 is 33.9 Å². The van der Waals surface area contributed by atoms with Gasteiger partial charge in [-0.15, -0.1) is 0 Å². The van der Waals surface area contributed by atoms with Gasteiger partial charge in [0.25, 0.3) is 5.56 Å². The molecule has 1 saturated heterocycles. The van der Waals surface area contributed by atoms with Gasteiger partial charge in [-0.3, -0.25) is 9.69 Å². The summed E-state index contributed by atoms with van der Waals surface area (Å²) in [5.41, 5.74) is 3.48. The lowest BCUT2D eigenvalue weighted by Crippen LogP contribution is -2.40. The molecule has 4 rings (SSSR count). The van der Waals surface area contributed by atoms with Crippen molar-refractivity contribution in [2.24, 2.45) is 0 Å². The number of aryl methyl sites for hydroxylation is 1. The van der Waals surface area contributed by atoms with E-state index in [4.69, 9.17) is 21.7 Å². The number of ether oxygens (including phenoxy) is 2. The summed E-state index contributed by atoms with van der Waals surface area (Å²) in [7, 11) is 0. The van der Waals surface area contributed by atoms with Crippen molar-refractivity contribution in [3.63, 3.8) is 0 Å². The van der Waals surface area contributed by atoms with E-state index < -0.39 is 0 Å². The van der Waals surface area contributed by atoms with E-state index >= 15 is 0 Å². The predicted molar refractivity (Wildman–Crippen MR) is 145 cm³/mol. The molecule has 186 valence electrons. The molecule has 0 spiro atoms. The molecule has 0 aliphatic carbocycles. The van der Waals surface area contributed by atoms with Crippen molar-refractivity contribution in [2.45, 2.75) is 26.8 Å². The first-order valence-electron chi connectivity index (χ1n) is 12.2. The fraction of sp³-hybridized carbons (Fsp3) is 0.407. The van der Waals surface area contributed by atoms with Gasteiger partial charge in [-0.2, -0.15) is 0 Å². The Morgan fingerprint density at radius 2 is 1.94 bits per heavy atom. The van der Waals surface area contributed by atoms with Gasteiger partial charge in [0.05, 0.1) is 26.4 Å². The first-order valence-corrected chi connectivity index (χ1v) is 12.6. The Morgan fingerprint density at radius 3 is 2.69 bits per heavy atom. The standard InChI is InChI=1S/C27H34N4O3S/c1-3-34-24-9-7-23(8-10-24)28-27(35)31(12-4-11-30-13-15-33-16-14-30)19-22-18-21-6-5-20(2)17-25(21)29-26(22)32/h5-10,17-18H,3-4,11-16,19H2,1-2H3,(H,28,35)(H,29,32). The number of nitrogens with one attached hydrogen (secondary N) is 2. The molecule has 1 fully saturated rings.